The SMILES string of the molecule is CCC(C)c1nc(=O)c2c(Br)cccc2n1C1CC(OC2CCOC2)=C(C2CCNCC2)C=C1C. The Morgan fingerprint density at radius 1 is 1.29 bits per heavy atom. The van der Waals surface area contributed by atoms with Crippen LogP contribution in [-0.4, -0.2) is 42.0 Å². The van der Waals surface area contributed by atoms with Gasteiger partial charge < -0.3 is 19.4 Å². The van der Waals surface area contributed by atoms with Gasteiger partial charge in [0.05, 0.1) is 30.2 Å². The van der Waals surface area contributed by atoms with Gasteiger partial charge in [0.2, 0.25) is 0 Å². The van der Waals surface area contributed by atoms with Crippen LogP contribution in [0.5, 0.6) is 0 Å². The molecule has 35 heavy (non-hydrogen) atoms. The molecule has 1 aromatic heterocycles. The zero-order valence-electron chi connectivity index (χ0n) is 21.0. The molecule has 2 fully saturated rings. The van der Waals surface area contributed by atoms with Crippen LogP contribution in [0.4, 0.5) is 0 Å². The number of halogens is 1. The van der Waals surface area contributed by atoms with Crippen LogP contribution in [0.25, 0.3) is 10.9 Å². The Morgan fingerprint density at radius 2 is 2.09 bits per heavy atom. The molecule has 188 valence electrons. The van der Waals surface area contributed by atoms with Gasteiger partial charge in [0.1, 0.15) is 17.7 Å². The Morgan fingerprint density at radius 3 is 2.80 bits per heavy atom. The zero-order valence-corrected chi connectivity index (χ0v) is 22.6. The second-order valence-electron chi connectivity index (χ2n) is 10.2. The lowest BCUT2D eigenvalue weighted by Gasteiger charge is -2.35. The maximum atomic E-state index is 13.1. The standard InChI is InChI=1S/C28H36BrN3O3/c1-4-17(2)27-31-28(33)26-22(29)6-5-7-23(26)32(27)24-15-25(35-20-10-13-34-16-20)21(14-18(24)3)19-8-11-30-12-9-19/h5-7,14,17,19-20,24,30H,4,8-13,15-16H2,1-3H3. The molecule has 3 unspecified atom stereocenters. The van der Waals surface area contributed by atoms with Gasteiger partial charge in [0.15, 0.2) is 0 Å². The second kappa shape index (κ2) is 10.6. The molecule has 6 nitrogen and oxygen atoms in total. The minimum Gasteiger partial charge on any atom is -0.492 e. The molecule has 3 atom stereocenters. The summed E-state index contributed by atoms with van der Waals surface area (Å²) in [6, 6.07) is 6.03. The third-order valence-corrected chi connectivity index (χ3v) is 8.54. The van der Waals surface area contributed by atoms with Crippen LogP contribution in [0.2, 0.25) is 0 Å². The number of hydrogen-bond acceptors (Lipinski definition) is 5. The second-order valence-corrected chi connectivity index (χ2v) is 11.1. The molecule has 3 aliphatic rings. The summed E-state index contributed by atoms with van der Waals surface area (Å²) < 4.78 is 15.4. The molecule has 2 aliphatic heterocycles. The van der Waals surface area contributed by atoms with Crippen LogP contribution in [0.15, 0.2) is 50.4 Å². The lowest BCUT2D eigenvalue weighted by molar-refractivity contribution is 0.0804. The summed E-state index contributed by atoms with van der Waals surface area (Å²) in [5.74, 6) is 2.63. The maximum absolute atomic E-state index is 13.1. The molecule has 7 heteroatoms. The van der Waals surface area contributed by atoms with E-state index in [1.165, 1.54) is 11.1 Å². The molecule has 2 saturated heterocycles. The fourth-order valence-electron chi connectivity index (χ4n) is 5.69. The summed E-state index contributed by atoms with van der Waals surface area (Å²) in [7, 11) is 0. The normalized spacial score (nSPS) is 24.6. The third kappa shape index (κ3) is 4.87. The van der Waals surface area contributed by atoms with Crippen molar-refractivity contribution < 1.29 is 9.47 Å². The number of allylic oxidation sites excluding steroid dienone is 4. The first kappa shape index (κ1) is 24.7. The molecule has 5 rings (SSSR count). The van der Waals surface area contributed by atoms with Crippen molar-refractivity contribution in [3.63, 3.8) is 0 Å². The van der Waals surface area contributed by atoms with Gasteiger partial charge >= 0.3 is 0 Å². The van der Waals surface area contributed by atoms with Crippen molar-refractivity contribution in [1.82, 2.24) is 14.9 Å². The first-order valence-electron chi connectivity index (χ1n) is 13.0. The van der Waals surface area contributed by atoms with Gasteiger partial charge in [-0.1, -0.05) is 26.0 Å². The van der Waals surface area contributed by atoms with Gasteiger partial charge in [0, 0.05) is 23.2 Å². The minimum absolute atomic E-state index is 0.0479. The highest BCUT2D eigenvalue weighted by atomic mass is 79.9. The third-order valence-electron chi connectivity index (χ3n) is 7.88. The van der Waals surface area contributed by atoms with Crippen molar-refractivity contribution >= 4 is 26.8 Å². The Kier molecular flexibility index (Phi) is 7.47. The van der Waals surface area contributed by atoms with Gasteiger partial charge in [-0.15, -0.1) is 0 Å². The topological polar surface area (TPSA) is 65.4 Å². The number of aromatic nitrogens is 2. The molecule has 1 N–H and O–H groups in total. The smallest absolute Gasteiger partial charge is 0.281 e. The maximum Gasteiger partial charge on any atom is 0.281 e. The molecule has 0 spiro atoms. The average Bonchev–Trinajstić information content (AvgIpc) is 3.38. The first-order chi connectivity index (χ1) is 17.0. The lowest BCUT2D eigenvalue weighted by atomic mass is 9.82. The molecule has 1 aromatic carbocycles. The predicted octanol–water partition coefficient (Wildman–Crippen LogP) is 5.62. The summed E-state index contributed by atoms with van der Waals surface area (Å²) in [4.78, 5) is 17.7. The molecular formula is C28H36BrN3O3. The number of fused-ring (bicyclic) bond motifs is 1. The van der Waals surface area contributed by atoms with E-state index in [0.29, 0.717) is 17.9 Å². The predicted molar refractivity (Wildman–Crippen MR) is 143 cm³/mol. The van der Waals surface area contributed by atoms with Crippen molar-refractivity contribution in [2.75, 3.05) is 26.3 Å². The molecule has 1 aliphatic carbocycles. The van der Waals surface area contributed by atoms with Gasteiger partial charge in [-0.25, -0.2) is 0 Å². The number of rotatable bonds is 6. The number of benzene rings is 1. The van der Waals surface area contributed by atoms with E-state index in [1.54, 1.807) is 0 Å². The first-order valence-corrected chi connectivity index (χ1v) is 13.8. The van der Waals surface area contributed by atoms with Crippen molar-refractivity contribution in [3.05, 3.63) is 61.8 Å². The van der Waals surface area contributed by atoms with E-state index in [9.17, 15) is 4.79 Å². The number of nitrogens with zero attached hydrogens (tertiary/aromatic N) is 2. The quantitative estimate of drug-likeness (QED) is 0.513. The van der Waals surface area contributed by atoms with Crippen LogP contribution in [0, 0.1) is 5.92 Å². The van der Waals surface area contributed by atoms with E-state index in [2.05, 4.69) is 63.7 Å². The van der Waals surface area contributed by atoms with Gasteiger partial charge in [-0.3, -0.25) is 4.79 Å². The van der Waals surface area contributed by atoms with Crippen LogP contribution in [-0.2, 0) is 9.47 Å². The van der Waals surface area contributed by atoms with E-state index < -0.39 is 0 Å². The van der Waals surface area contributed by atoms with Gasteiger partial charge in [-0.2, -0.15) is 4.98 Å². The molecule has 0 amide bonds. The highest BCUT2D eigenvalue weighted by Crippen LogP contribution is 2.42. The number of ether oxygens (including phenoxy) is 2. The zero-order chi connectivity index (χ0) is 24.5. The van der Waals surface area contributed by atoms with Crippen molar-refractivity contribution in [2.45, 2.75) is 70.9 Å². The number of hydrogen-bond donors (Lipinski definition) is 1. The molecule has 0 bridgehead atoms. The Labute approximate surface area is 215 Å². The van der Waals surface area contributed by atoms with E-state index in [1.807, 2.05) is 12.1 Å². The van der Waals surface area contributed by atoms with Crippen molar-refractivity contribution in [3.8, 4) is 0 Å². The van der Waals surface area contributed by atoms with E-state index in [0.717, 1.165) is 73.4 Å². The lowest BCUT2D eigenvalue weighted by Crippen LogP contribution is -2.31. The van der Waals surface area contributed by atoms with Crippen LogP contribution in [0.3, 0.4) is 0 Å². The van der Waals surface area contributed by atoms with E-state index in [4.69, 9.17) is 9.47 Å². The van der Waals surface area contributed by atoms with Gasteiger partial charge in [0.25, 0.3) is 5.56 Å². The average molecular weight is 543 g/mol. The highest BCUT2D eigenvalue weighted by molar-refractivity contribution is 9.10. The Balaban J connectivity index is 1.64. The molecule has 2 aromatic rings. The fourth-order valence-corrected chi connectivity index (χ4v) is 6.22. The fraction of sp³-hybridized carbons (Fsp3) is 0.571. The summed E-state index contributed by atoms with van der Waals surface area (Å²) >= 11 is 3.61. The molecular weight excluding hydrogens is 506 g/mol. The van der Waals surface area contributed by atoms with Crippen molar-refractivity contribution in [1.29, 1.82) is 0 Å². The number of piperidine rings is 1. The summed E-state index contributed by atoms with van der Waals surface area (Å²) in [5, 5.41) is 4.14. The van der Waals surface area contributed by atoms with Crippen LogP contribution >= 0.6 is 15.9 Å². The molecule has 3 heterocycles. The Hall–Kier alpha value is -1.96. The Bertz CT molecular complexity index is 1210. The number of nitrogens with one attached hydrogen (secondary N) is 1. The van der Waals surface area contributed by atoms with E-state index in [-0.39, 0.29) is 23.6 Å². The summed E-state index contributed by atoms with van der Waals surface area (Å²) in [5.41, 5.74) is 3.42. The van der Waals surface area contributed by atoms with Gasteiger partial charge in [-0.05, 0) is 84.4 Å². The minimum atomic E-state index is -0.165. The van der Waals surface area contributed by atoms with Crippen molar-refractivity contribution in [2.24, 2.45) is 5.92 Å². The monoisotopic (exact) mass is 541 g/mol. The van der Waals surface area contributed by atoms with Crippen LogP contribution in [0.1, 0.15) is 70.7 Å². The summed E-state index contributed by atoms with van der Waals surface area (Å²) in [6.45, 7) is 10.1. The highest BCUT2D eigenvalue weighted by Gasteiger charge is 2.33. The van der Waals surface area contributed by atoms with E-state index >= 15 is 0 Å². The largest absolute Gasteiger partial charge is 0.492 e. The summed E-state index contributed by atoms with van der Waals surface area (Å²) in [6.07, 6.45) is 7.37. The molecule has 0 saturated carbocycles. The molecule has 0 radical (unpaired) electrons. The van der Waals surface area contributed by atoms with Crippen LogP contribution < -0.4 is 10.9 Å².